The van der Waals surface area contributed by atoms with E-state index in [2.05, 4.69) is 10.6 Å². The number of amides is 3. The van der Waals surface area contributed by atoms with Crippen molar-refractivity contribution in [1.29, 1.82) is 0 Å². The highest BCUT2D eigenvalue weighted by molar-refractivity contribution is 5.87. The summed E-state index contributed by atoms with van der Waals surface area (Å²) in [5.41, 5.74) is 0.958. The Kier molecular flexibility index (Phi) is 6.37. The maximum absolute atomic E-state index is 11.8. The second kappa shape index (κ2) is 8.02. The maximum atomic E-state index is 11.8. The predicted molar refractivity (Wildman–Crippen MR) is 81.5 cm³/mol. The Balaban J connectivity index is 2.46. The number of carboxylic acids is 1. The number of carboxylic acid groups (broad SMARTS) is 1. The number of benzene rings is 1. The van der Waals surface area contributed by atoms with Gasteiger partial charge in [0.15, 0.2) is 0 Å². The molecule has 22 heavy (non-hydrogen) atoms. The van der Waals surface area contributed by atoms with Crippen LogP contribution < -0.4 is 10.6 Å². The SMILES string of the molecule is CCN(C)C(=O)C(C)NC(=O)NCc1ccc(C(=O)O)cc1. The van der Waals surface area contributed by atoms with E-state index in [1.165, 1.54) is 17.0 Å². The van der Waals surface area contributed by atoms with Crippen molar-refractivity contribution in [2.75, 3.05) is 13.6 Å². The Morgan fingerprint density at radius 1 is 1.23 bits per heavy atom. The van der Waals surface area contributed by atoms with E-state index in [1.54, 1.807) is 26.1 Å². The summed E-state index contributed by atoms with van der Waals surface area (Å²) in [5, 5.41) is 14.0. The molecule has 3 amide bonds. The average molecular weight is 307 g/mol. The van der Waals surface area contributed by atoms with Crippen molar-refractivity contribution in [3.05, 3.63) is 35.4 Å². The van der Waals surface area contributed by atoms with Gasteiger partial charge in [0.2, 0.25) is 5.91 Å². The van der Waals surface area contributed by atoms with Crippen LogP contribution in [-0.4, -0.2) is 47.5 Å². The highest BCUT2D eigenvalue weighted by atomic mass is 16.4. The van der Waals surface area contributed by atoms with Crippen molar-refractivity contribution in [2.24, 2.45) is 0 Å². The lowest BCUT2D eigenvalue weighted by molar-refractivity contribution is -0.131. The van der Waals surface area contributed by atoms with Crippen LogP contribution in [0.15, 0.2) is 24.3 Å². The lowest BCUT2D eigenvalue weighted by Gasteiger charge is -2.20. The third-order valence-corrected chi connectivity index (χ3v) is 3.22. The average Bonchev–Trinajstić information content (AvgIpc) is 2.51. The summed E-state index contributed by atoms with van der Waals surface area (Å²) in [7, 11) is 1.67. The molecule has 1 atom stereocenters. The highest BCUT2D eigenvalue weighted by Crippen LogP contribution is 2.04. The first-order valence-corrected chi connectivity index (χ1v) is 6.96. The van der Waals surface area contributed by atoms with Gasteiger partial charge in [-0.25, -0.2) is 9.59 Å². The van der Waals surface area contributed by atoms with Gasteiger partial charge < -0.3 is 20.6 Å². The molecule has 0 saturated heterocycles. The zero-order valence-electron chi connectivity index (χ0n) is 12.9. The Morgan fingerprint density at radius 3 is 2.32 bits per heavy atom. The van der Waals surface area contributed by atoms with E-state index in [4.69, 9.17) is 5.11 Å². The number of carbonyl (C=O) groups excluding carboxylic acids is 2. The smallest absolute Gasteiger partial charge is 0.335 e. The molecule has 0 spiro atoms. The standard InChI is InChI=1S/C15H21N3O4/c1-4-18(3)13(19)10(2)17-15(22)16-9-11-5-7-12(8-6-11)14(20)21/h5-8,10H,4,9H2,1-3H3,(H,20,21)(H2,16,17,22). The van der Waals surface area contributed by atoms with Crippen molar-refractivity contribution in [3.8, 4) is 0 Å². The first-order chi connectivity index (χ1) is 10.3. The van der Waals surface area contributed by atoms with Gasteiger partial charge in [0, 0.05) is 20.1 Å². The third-order valence-electron chi connectivity index (χ3n) is 3.22. The van der Waals surface area contributed by atoms with Gasteiger partial charge in [0.25, 0.3) is 0 Å². The van der Waals surface area contributed by atoms with Gasteiger partial charge in [0.05, 0.1) is 5.56 Å². The van der Waals surface area contributed by atoms with Gasteiger partial charge in [-0.3, -0.25) is 4.79 Å². The minimum Gasteiger partial charge on any atom is -0.478 e. The first-order valence-electron chi connectivity index (χ1n) is 6.96. The predicted octanol–water partition coefficient (Wildman–Crippen LogP) is 1.05. The van der Waals surface area contributed by atoms with Crippen LogP contribution in [0.5, 0.6) is 0 Å². The molecule has 0 radical (unpaired) electrons. The summed E-state index contributed by atoms with van der Waals surface area (Å²) >= 11 is 0. The van der Waals surface area contributed by atoms with Gasteiger partial charge in [-0.2, -0.15) is 0 Å². The van der Waals surface area contributed by atoms with Crippen LogP contribution >= 0.6 is 0 Å². The fourth-order valence-electron chi connectivity index (χ4n) is 1.74. The number of hydrogen-bond donors (Lipinski definition) is 3. The van der Waals surface area contributed by atoms with Crippen LogP contribution in [0.2, 0.25) is 0 Å². The highest BCUT2D eigenvalue weighted by Gasteiger charge is 2.18. The molecule has 1 aromatic carbocycles. The summed E-state index contributed by atoms with van der Waals surface area (Å²) in [6.07, 6.45) is 0. The molecule has 0 aliphatic heterocycles. The molecule has 1 rings (SSSR count). The van der Waals surface area contributed by atoms with E-state index in [9.17, 15) is 14.4 Å². The third kappa shape index (κ3) is 5.08. The lowest BCUT2D eigenvalue weighted by Crippen LogP contribution is -2.48. The molecule has 0 aromatic heterocycles. The number of urea groups is 1. The summed E-state index contributed by atoms with van der Waals surface area (Å²) < 4.78 is 0. The normalized spacial score (nSPS) is 11.4. The van der Waals surface area contributed by atoms with E-state index in [0.29, 0.717) is 6.54 Å². The van der Waals surface area contributed by atoms with Crippen LogP contribution in [-0.2, 0) is 11.3 Å². The molecule has 0 bridgehead atoms. The number of rotatable bonds is 6. The van der Waals surface area contributed by atoms with Crippen molar-refractivity contribution < 1.29 is 19.5 Å². The van der Waals surface area contributed by atoms with Crippen LogP contribution in [0.25, 0.3) is 0 Å². The molecule has 1 unspecified atom stereocenters. The van der Waals surface area contributed by atoms with E-state index in [-0.39, 0.29) is 18.0 Å². The zero-order valence-corrected chi connectivity index (χ0v) is 12.9. The van der Waals surface area contributed by atoms with Crippen molar-refractivity contribution in [1.82, 2.24) is 15.5 Å². The fourth-order valence-corrected chi connectivity index (χ4v) is 1.74. The maximum Gasteiger partial charge on any atom is 0.335 e. The molecule has 7 nitrogen and oxygen atoms in total. The van der Waals surface area contributed by atoms with Crippen LogP contribution in [0.4, 0.5) is 4.79 Å². The van der Waals surface area contributed by atoms with Crippen molar-refractivity contribution >= 4 is 17.9 Å². The molecule has 1 aromatic rings. The summed E-state index contributed by atoms with van der Waals surface area (Å²) in [6.45, 7) is 4.29. The number of hydrogen-bond acceptors (Lipinski definition) is 3. The topological polar surface area (TPSA) is 98.7 Å². The minimum absolute atomic E-state index is 0.163. The molecule has 0 aliphatic carbocycles. The summed E-state index contributed by atoms with van der Waals surface area (Å²) in [5.74, 6) is -1.16. The summed E-state index contributed by atoms with van der Waals surface area (Å²) in [6, 6.07) is 5.14. The molecule has 0 heterocycles. The lowest BCUT2D eigenvalue weighted by atomic mass is 10.1. The number of likely N-dealkylation sites (N-methyl/N-ethyl adjacent to an activating group) is 1. The Labute approximate surface area is 129 Å². The molecular weight excluding hydrogens is 286 g/mol. The van der Waals surface area contributed by atoms with E-state index >= 15 is 0 Å². The number of nitrogens with one attached hydrogen (secondary N) is 2. The Bertz CT molecular complexity index is 542. The van der Waals surface area contributed by atoms with E-state index in [0.717, 1.165) is 5.56 Å². The molecule has 120 valence electrons. The number of aromatic carboxylic acids is 1. The Hall–Kier alpha value is -2.57. The monoisotopic (exact) mass is 307 g/mol. The quantitative estimate of drug-likeness (QED) is 0.731. The first kappa shape index (κ1) is 17.5. The van der Waals surface area contributed by atoms with Crippen LogP contribution in [0.1, 0.15) is 29.8 Å². The fraction of sp³-hybridized carbons (Fsp3) is 0.400. The second-order valence-electron chi connectivity index (χ2n) is 4.90. The van der Waals surface area contributed by atoms with Gasteiger partial charge in [-0.15, -0.1) is 0 Å². The van der Waals surface area contributed by atoms with Gasteiger partial charge >= 0.3 is 12.0 Å². The molecule has 0 aliphatic rings. The zero-order chi connectivity index (χ0) is 16.7. The van der Waals surface area contributed by atoms with Crippen LogP contribution in [0.3, 0.4) is 0 Å². The largest absolute Gasteiger partial charge is 0.478 e. The van der Waals surface area contributed by atoms with Gasteiger partial charge in [0.1, 0.15) is 6.04 Å². The van der Waals surface area contributed by atoms with Gasteiger partial charge in [-0.1, -0.05) is 12.1 Å². The van der Waals surface area contributed by atoms with Crippen molar-refractivity contribution in [3.63, 3.8) is 0 Å². The molecule has 0 saturated carbocycles. The second-order valence-corrected chi connectivity index (χ2v) is 4.90. The molecule has 3 N–H and O–H groups in total. The molecule has 0 fully saturated rings. The van der Waals surface area contributed by atoms with Gasteiger partial charge in [-0.05, 0) is 31.5 Å². The minimum atomic E-state index is -0.996. The van der Waals surface area contributed by atoms with E-state index in [1.807, 2.05) is 6.92 Å². The molecular formula is C15H21N3O4. The Morgan fingerprint density at radius 2 is 1.82 bits per heavy atom. The van der Waals surface area contributed by atoms with E-state index < -0.39 is 18.0 Å². The van der Waals surface area contributed by atoms with Crippen LogP contribution in [0, 0.1) is 0 Å². The number of carbonyl (C=O) groups is 3. The van der Waals surface area contributed by atoms with Crippen molar-refractivity contribution in [2.45, 2.75) is 26.4 Å². The summed E-state index contributed by atoms with van der Waals surface area (Å²) in [4.78, 5) is 35.8. The molecule has 7 heteroatoms. The number of nitrogens with zero attached hydrogens (tertiary/aromatic N) is 1.